The maximum absolute atomic E-state index is 5.71. The lowest BCUT2D eigenvalue weighted by Crippen LogP contribution is -2.01. The molecular formula is C8H11BrN2. The molecule has 0 aliphatic carbocycles. The van der Waals surface area contributed by atoms with Gasteiger partial charge in [0.05, 0.1) is 11.4 Å². The molecule has 60 valence electrons. The standard InChI is InChI=1S/C8H11BrN2/c1-2-11-8-6(9)4-3-5-7(8)10/h3-5,11H,2,10H2,1H3. The summed E-state index contributed by atoms with van der Waals surface area (Å²) >= 11 is 3.41. The van der Waals surface area contributed by atoms with Gasteiger partial charge in [-0.3, -0.25) is 0 Å². The first-order valence-corrected chi connectivity index (χ1v) is 4.33. The highest BCUT2D eigenvalue weighted by atomic mass is 79.9. The van der Waals surface area contributed by atoms with E-state index in [0.29, 0.717) is 0 Å². The number of nitrogens with one attached hydrogen (secondary N) is 1. The normalized spacial score (nSPS) is 9.64. The van der Waals surface area contributed by atoms with E-state index in [0.717, 1.165) is 22.4 Å². The molecule has 0 radical (unpaired) electrons. The Morgan fingerprint density at radius 2 is 2.27 bits per heavy atom. The highest BCUT2D eigenvalue weighted by Gasteiger charge is 2.00. The number of anilines is 2. The van der Waals surface area contributed by atoms with Crippen LogP contribution in [0.3, 0.4) is 0 Å². The van der Waals surface area contributed by atoms with Crippen LogP contribution < -0.4 is 11.1 Å². The molecule has 0 aromatic heterocycles. The van der Waals surface area contributed by atoms with E-state index < -0.39 is 0 Å². The number of halogens is 1. The number of rotatable bonds is 2. The summed E-state index contributed by atoms with van der Waals surface area (Å²) in [4.78, 5) is 0. The molecule has 1 aromatic carbocycles. The first-order valence-electron chi connectivity index (χ1n) is 3.53. The average Bonchev–Trinajstić information content (AvgIpc) is 1.97. The number of benzene rings is 1. The van der Waals surface area contributed by atoms with Crippen molar-refractivity contribution in [3.63, 3.8) is 0 Å². The van der Waals surface area contributed by atoms with E-state index in [-0.39, 0.29) is 0 Å². The Morgan fingerprint density at radius 3 is 2.82 bits per heavy atom. The Hall–Kier alpha value is -0.700. The minimum Gasteiger partial charge on any atom is -0.397 e. The summed E-state index contributed by atoms with van der Waals surface area (Å²) in [5, 5.41) is 3.17. The van der Waals surface area contributed by atoms with Crippen LogP contribution in [0.15, 0.2) is 22.7 Å². The van der Waals surface area contributed by atoms with E-state index in [1.807, 2.05) is 25.1 Å². The number of hydrogen-bond donors (Lipinski definition) is 2. The third-order valence-electron chi connectivity index (χ3n) is 1.40. The molecule has 0 bridgehead atoms. The van der Waals surface area contributed by atoms with Crippen LogP contribution in [0.4, 0.5) is 11.4 Å². The van der Waals surface area contributed by atoms with Crippen molar-refractivity contribution >= 4 is 27.3 Å². The molecule has 0 saturated carbocycles. The van der Waals surface area contributed by atoms with Crippen LogP contribution in [-0.2, 0) is 0 Å². The molecule has 1 aromatic rings. The van der Waals surface area contributed by atoms with Crippen LogP contribution >= 0.6 is 15.9 Å². The Labute approximate surface area is 74.9 Å². The molecule has 0 fully saturated rings. The average molecular weight is 215 g/mol. The second-order valence-electron chi connectivity index (χ2n) is 2.23. The van der Waals surface area contributed by atoms with Crippen LogP contribution in [-0.4, -0.2) is 6.54 Å². The van der Waals surface area contributed by atoms with Gasteiger partial charge in [-0.05, 0) is 35.0 Å². The van der Waals surface area contributed by atoms with Crippen LogP contribution in [0, 0.1) is 0 Å². The van der Waals surface area contributed by atoms with E-state index in [1.165, 1.54) is 0 Å². The topological polar surface area (TPSA) is 38.0 Å². The van der Waals surface area contributed by atoms with Crippen molar-refractivity contribution in [2.24, 2.45) is 0 Å². The predicted molar refractivity (Wildman–Crippen MR) is 52.7 cm³/mol. The molecule has 3 heteroatoms. The lowest BCUT2D eigenvalue weighted by atomic mass is 10.3. The maximum atomic E-state index is 5.71. The fraction of sp³-hybridized carbons (Fsp3) is 0.250. The summed E-state index contributed by atoms with van der Waals surface area (Å²) in [7, 11) is 0. The predicted octanol–water partition coefficient (Wildman–Crippen LogP) is 2.46. The van der Waals surface area contributed by atoms with Crippen molar-refractivity contribution in [2.45, 2.75) is 6.92 Å². The summed E-state index contributed by atoms with van der Waals surface area (Å²) in [6.07, 6.45) is 0. The van der Waals surface area contributed by atoms with Crippen molar-refractivity contribution < 1.29 is 0 Å². The number of nitrogen functional groups attached to an aromatic ring is 1. The molecule has 0 atom stereocenters. The summed E-state index contributed by atoms with van der Waals surface area (Å²) in [5.74, 6) is 0. The van der Waals surface area contributed by atoms with Gasteiger partial charge in [0.15, 0.2) is 0 Å². The lowest BCUT2D eigenvalue weighted by molar-refractivity contribution is 1.21. The largest absolute Gasteiger partial charge is 0.397 e. The van der Waals surface area contributed by atoms with Gasteiger partial charge in [0.1, 0.15) is 0 Å². The van der Waals surface area contributed by atoms with Crippen LogP contribution in [0.2, 0.25) is 0 Å². The van der Waals surface area contributed by atoms with E-state index >= 15 is 0 Å². The van der Waals surface area contributed by atoms with Gasteiger partial charge in [0.2, 0.25) is 0 Å². The fourth-order valence-electron chi connectivity index (χ4n) is 0.904. The van der Waals surface area contributed by atoms with Gasteiger partial charge in [0, 0.05) is 11.0 Å². The number of para-hydroxylation sites is 1. The third kappa shape index (κ3) is 1.87. The van der Waals surface area contributed by atoms with Gasteiger partial charge in [-0.15, -0.1) is 0 Å². The second kappa shape index (κ2) is 3.62. The van der Waals surface area contributed by atoms with Crippen molar-refractivity contribution in [1.29, 1.82) is 0 Å². The minimum absolute atomic E-state index is 0.779. The van der Waals surface area contributed by atoms with E-state index in [9.17, 15) is 0 Å². The Balaban J connectivity index is 3.00. The molecule has 2 nitrogen and oxygen atoms in total. The number of nitrogens with two attached hydrogens (primary N) is 1. The Kier molecular flexibility index (Phi) is 2.76. The quantitative estimate of drug-likeness (QED) is 0.743. The SMILES string of the molecule is CCNc1c(N)cccc1Br. The van der Waals surface area contributed by atoms with Crippen LogP contribution in [0.1, 0.15) is 6.92 Å². The van der Waals surface area contributed by atoms with E-state index in [2.05, 4.69) is 21.2 Å². The first kappa shape index (κ1) is 8.40. The van der Waals surface area contributed by atoms with Gasteiger partial charge in [-0.2, -0.15) is 0 Å². The van der Waals surface area contributed by atoms with Crippen molar-refractivity contribution in [3.05, 3.63) is 22.7 Å². The van der Waals surface area contributed by atoms with Crippen LogP contribution in [0.5, 0.6) is 0 Å². The Morgan fingerprint density at radius 1 is 1.55 bits per heavy atom. The van der Waals surface area contributed by atoms with Gasteiger partial charge >= 0.3 is 0 Å². The van der Waals surface area contributed by atoms with E-state index in [1.54, 1.807) is 0 Å². The Bertz CT molecular complexity index is 228. The zero-order valence-corrected chi connectivity index (χ0v) is 7.98. The molecule has 0 unspecified atom stereocenters. The van der Waals surface area contributed by atoms with Gasteiger partial charge in [0.25, 0.3) is 0 Å². The van der Waals surface area contributed by atoms with Crippen molar-refractivity contribution in [2.75, 3.05) is 17.6 Å². The molecule has 0 saturated heterocycles. The molecule has 0 spiro atoms. The van der Waals surface area contributed by atoms with Gasteiger partial charge in [-0.1, -0.05) is 6.07 Å². The zero-order chi connectivity index (χ0) is 8.27. The monoisotopic (exact) mass is 214 g/mol. The lowest BCUT2D eigenvalue weighted by Gasteiger charge is -2.08. The van der Waals surface area contributed by atoms with Crippen molar-refractivity contribution in [3.8, 4) is 0 Å². The minimum atomic E-state index is 0.779. The highest BCUT2D eigenvalue weighted by Crippen LogP contribution is 2.27. The molecule has 0 aliphatic rings. The molecule has 0 aliphatic heterocycles. The maximum Gasteiger partial charge on any atom is 0.0718 e. The fourth-order valence-corrected chi connectivity index (χ4v) is 1.43. The van der Waals surface area contributed by atoms with Gasteiger partial charge < -0.3 is 11.1 Å². The molecule has 3 N–H and O–H groups in total. The molecule has 0 amide bonds. The molecule has 1 rings (SSSR count). The van der Waals surface area contributed by atoms with Crippen LogP contribution in [0.25, 0.3) is 0 Å². The molecular weight excluding hydrogens is 204 g/mol. The highest BCUT2D eigenvalue weighted by molar-refractivity contribution is 9.10. The molecule has 11 heavy (non-hydrogen) atoms. The summed E-state index contributed by atoms with van der Waals surface area (Å²) in [6.45, 7) is 2.92. The molecule has 0 heterocycles. The third-order valence-corrected chi connectivity index (χ3v) is 2.06. The van der Waals surface area contributed by atoms with E-state index in [4.69, 9.17) is 5.73 Å². The second-order valence-corrected chi connectivity index (χ2v) is 3.09. The summed E-state index contributed by atoms with van der Waals surface area (Å²) in [5.41, 5.74) is 7.48. The van der Waals surface area contributed by atoms with Crippen molar-refractivity contribution in [1.82, 2.24) is 0 Å². The smallest absolute Gasteiger partial charge is 0.0718 e. The first-order chi connectivity index (χ1) is 5.25. The zero-order valence-electron chi connectivity index (χ0n) is 6.39. The number of hydrogen-bond acceptors (Lipinski definition) is 2. The summed E-state index contributed by atoms with van der Waals surface area (Å²) in [6, 6.07) is 5.76. The summed E-state index contributed by atoms with van der Waals surface area (Å²) < 4.78 is 1.01. The van der Waals surface area contributed by atoms with Gasteiger partial charge in [-0.25, -0.2) is 0 Å².